The molecule has 0 aromatic carbocycles. The van der Waals surface area contributed by atoms with Crippen LogP contribution in [0.25, 0.3) is 0 Å². The van der Waals surface area contributed by atoms with Crippen molar-refractivity contribution >= 4 is 6.41 Å². The van der Waals surface area contributed by atoms with E-state index in [4.69, 9.17) is 9.90 Å². The van der Waals surface area contributed by atoms with Crippen LogP contribution in [0, 0.1) is 51.2 Å². The molecule has 0 bridgehead atoms. The van der Waals surface area contributed by atoms with Gasteiger partial charge in [-0.15, -0.1) is 6.58 Å². The third kappa shape index (κ3) is 4.88. The number of rotatable bonds is 0. The number of carbonyl (C=O) groups excluding carboxylic acids is 1. The molecule has 35 heavy (non-hydrogen) atoms. The molecule has 1 amide bonds. The summed E-state index contributed by atoms with van der Waals surface area (Å²) in [5.74, 6) is 4.12. The number of hydrogen-bond donors (Lipinski definition) is 3. The SMILES string of the molecule is C=CC.CC1C(O)CCC2(C)C1CCC1(C)C2CCC2C3CCCC3(C)CCC21C.CO.NC=O. The molecular formula is C31H57NO3. The van der Waals surface area contributed by atoms with E-state index >= 15 is 0 Å². The maximum absolute atomic E-state index is 10.6. The quantitative estimate of drug-likeness (QED) is 0.259. The van der Waals surface area contributed by atoms with E-state index in [1.807, 2.05) is 6.92 Å². The van der Waals surface area contributed by atoms with E-state index < -0.39 is 0 Å². The monoisotopic (exact) mass is 491 g/mol. The molecular weight excluding hydrogens is 434 g/mol. The zero-order valence-corrected chi connectivity index (χ0v) is 24.0. The first-order valence-corrected chi connectivity index (χ1v) is 14.3. The summed E-state index contributed by atoms with van der Waals surface area (Å²) in [7, 11) is 1.00. The van der Waals surface area contributed by atoms with Crippen molar-refractivity contribution in [2.75, 3.05) is 7.11 Å². The molecule has 5 rings (SSSR count). The van der Waals surface area contributed by atoms with Crippen molar-refractivity contribution in [3.63, 3.8) is 0 Å². The number of allylic oxidation sites excluding steroid dienone is 1. The van der Waals surface area contributed by atoms with Crippen LogP contribution in [0.2, 0.25) is 0 Å². The molecule has 5 fully saturated rings. The molecule has 5 aliphatic rings. The van der Waals surface area contributed by atoms with Crippen LogP contribution in [0.1, 0.15) is 112 Å². The summed E-state index contributed by atoms with van der Waals surface area (Å²) in [5, 5.41) is 17.6. The van der Waals surface area contributed by atoms with Crippen LogP contribution in [0.5, 0.6) is 0 Å². The molecule has 5 saturated carbocycles. The fraction of sp³-hybridized carbons (Fsp3) is 0.903. The molecule has 4 N–H and O–H groups in total. The highest BCUT2D eigenvalue weighted by molar-refractivity contribution is 5.42. The van der Waals surface area contributed by atoms with Gasteiger partial charge >= 0.3 is 0 Å². The van der Waals surface area contributed by atoms with Gasteiger partial charge in [0.15, 0.2) is 0 Å². The van der Waals surface area contributed by atoms with Gasteiger partial charge in [-0.3, -0.25) is 4.79 Å². The molecule has 0 spiro atoms. The number of amides is 1. The number of primary amides is 1. The van der Waals surface area contributed by atoms with Gasteiger partial charge in [0, 0.05) is 7.11 Å². The van der Waals surface area contributed by atoms with Crippen LogP contribution in [-0.4, -0.2) is 29.8 Å². The van der Waals surface area contributed by atoms with E-state index in [-0.39, 0.29) is 12.5 Å². The van der Waals surface area contributed by atoms with Crippen LogP contribution in [0.15, 0.2) is 12.7 Å². The zero-order chi connectivity index (χ0) is 26.7. The van der Waals surface area contributed by atoms with E-state index in [1.165, 1.54) is 64.2 Å². The molecule has 4 nitrogen and oxygen atoms in total. The maximum Gasteiger partial charge on any atom is 0.204 e. The number of carbonyl (C=O) groups is 1. The van der Waals surface area contributed by atoms with Crippen LogP contribution >= 0.6 is 0 Å². The lowest BCUT2D eigenvalue weighted by molar-refractivity contribution is -0.231. The summed E-state index contributed by atoms with van der Waals surface area (Å²) in [6, 6.07) is 0. The van der Waals surface area contributed by atoms with Crippen molar-refractivity contribution < 1.29 is 15.0 Å². The third-order valence-electron chi connectivity index (χ3n) is 12.4. The minimum absolute atomic E-state index is 0.0479. The molecule has 4 heteroatoms. The molecule has 5 aliphatic carbocycles. The molecule has 0 radical (unpaired) electrons. The second-order valence-corrected chi connectivity index (χ2v) is 13.4. The van der Waals surface area contributed by atoms with Crippen LogP contribution < -0.4 is 5.73 Å². The summed E-state index contributed by atoms with van der Waals surface area (Å²) in [5.41, 5.74) is 6.37. The maximum atomic E-state index is 10.6. The predicted molar refractivity (Wildman–Crippen MR) is 147 cm³/mol. The van der Waals surface area contributed by atoms with Gasteiger partial charge in [0.2, 0.25) is 6.41 Å². The van der Waals surface area contributed by atoms with E-state index in [0.717, 1.165) is 37.2 Å². The first kappa shape index (κ1) is 30.4. The summed E-state index contributed by atoms with van der Waals surface area (Å²) in [4.78, 5) is 8.58. The summed E-state index contributed by atoms with van der Waals surface area (Å²) < 4.78 is 0. The van der Waals surface area contributed by atoms with Crippen molar-refractivity contribution in [1.82, 2.24) is 0 Å². The molecule has 10 unspecified atom stereocenters. The van der Waals surface area contributed by atoms with Crippen molar-refractivity contribution in [2.24, 2.45) is 57.0 Å². The average Bonchev–Trinajstić information content (AvgIpc) is 3.21. The Bertz CT molecular complexity index is 705. The van der Waals surface area contributed by atoms with E-state index in [0.29, 0.717) is 27.6 Å². The highest BCUT2D eigenvalue weighted by Crippen LogP contribution is 2.75. The van der Waals surface area contributed by atoms with Gasteiger partial charge in [0.1, 0.15) is 0 Å². The molecule has 0 aliphatic heterocycles. The third-order valence-corrected chi connectivity index (χ3v) is 12.4. The lowest BCUT2D eigenvalue weighted by atomic mass is 9.33. The van der Waals surface area contributed by atoms with Gasteiger partial charge in [-0.2, -0.15) is 0 Å². The zero-order valence-electron chi connectivity index (χ0n) is 24.0. The van der Waals surface area contributed by atoms with Gasteiger partial charge in [-0.25, -0.2) is 0 Å². The van der Waals surface area contributed by atoms with Crippen LogP contribution in [0.4, 0.5) is 0 Å². The normalized spacial score (nSPS) is 49.4. The minimum Gasteiger partial charge on any atom is -0.400 e. The largest absolute Gasteiger partial charge is 0.400 e. The highest BCUT2D eigenvalue weighted by atomic mass is 16.3. The number of aliphatic hydroxyl groups is 2. The van der Waals surface area contributed by atoms with Crippen molar-refractivity contribution in [3.8, 4) is 0 Å². The van der Waals surface area contributed by atoms with Crippen LogP contribution in [-0.2, 0) is 4.79 Å². The Morgan fingerprint density at radius 1 is 0.829 bits per heavy atom. The Kier molecular flexibility index (Phi) is 10.1. The van der Waals surface area contributed by atoms with Gasteiger partial charge in [0.05, 0.1) is 6.10 Å². The predicted octanol–water partition coefficient (Wildman–Crippen LogP) is 6.73. The van der Waals surface area contributed by atoms with Crippen LogP contribution in [0.3, 0.4) is 0 Å². The summed E-state index contributed by atoms with van der Waals surface area (Å²) >= 11 is 0. The summed E-state index contributed by atoms with van der Waals surface area (Å²) in [6.07, 6.45) is 17.5. The number of hydrogen-bond acceptors (Lipinski definition) is 3. The van der Waals surface area contributed by atoms with Gasteiger partial charge < -0.3 is 15.9 Å². The lowest BCUT2D eigenvalue weighted by Crippen LogP contribution is -2.64. The highest BCUT2D eigenvalue weighted by Gasteiger charge is 2.68. The van der Waals surface area contributed by atoms with Gasteiger partial charge in [0.25, 0.3) is 0 Å². The lowest BCUT2D eigenvalue weighted by Gasteiger charge is -2.71. The average molecular weight is 492 g/mol. The fourth-order valence-corrected chi connectivity index (χ4v) is 10.5. The smallest absolute Gasteiger partial charge is 0.204 e. The van der Waals surface area contributed by atoms with E-state index in [9.17, 15) is 5.11 Å². The Balaban J connectivity index is 0.000000484. The van der Waals surface area contributed by atoms with Gasteiger partial charge in [-0.1, -0.05) is 47.1 Å². The number of nitrogens with two attached hydrogens (primary N) is 1. The minimum atomic E-state index is -0.0479. The second-order valence-electron chi connectivity index (χ2n) is 13.4. The van der Waals surface area contributed by atoms with E-state index in [2.05, 4.69) is 46.9 Å². The second kappa shape index (κ2) is 11.7. The first-order chi connectivity index (χ1) is 16.5. The Morgan fingerprint density at radius 3 is 2.03 bits per heavy atom. The van der Waals surface area contributed by atoms with Crippen molar-refractivity contribution in [1.29, 1.82) is 0 Å². The van der Waals surface area contributed by atoms with Gasteiger partial charge in [-0.05, 0) is 122 Å². The molecule has 0 heterocycles. The molecule has 204 valence electrons. The first-order valence-electron chi connectivity index (χ1n) is 14.3. The molecule has 0 aromatic heterocycles. The van der Waals surface area contributed by atoms with E-state index in [1.54, 1.807) is 6.08 Å². The Labute approximate surface area is 216 Å². The van der Waals surface area contributed by atoms with Crippen molar-refractivity contribution in [3.05, 3.63) is 12.7 Å². The summed E-state index contributed by atoms with van der Waals surface area (Å²) in [6.45, 7) is 18.4. The molecule has 0 aromatic rings. The number of fused-ring (bicyclic) bond motifs is 7. The molecule has 10 atom stereocenters. The van der Waals surface area contributed by atoms with Crippen molar-refractivity contribution in [2.45, 2.75) is 118 Å². The molecule has 0 saturated heterocycles. The standard InChI is InChI=1S/C26H44O.C3H6.CH3NO.CH4O/c1-17-18-10-14-26(5)22(24(18,3)13-11-21(17)27)9-8-20-19-7-6-12-23(19,2)15-16-25(20,26)4;1-3-2;2-1-3;1-2/h17-22,27H,6-16H2,1-5H3;3H,1H2,2H3;1H,(H2,2,3);2H,1H3. The Hall–Kier alpha value is -0.870. The topological polar surface area (TPSA) is 83.6 Å². The Morgan fingerprint density at radius 2 is 1.43 bits per heavy atom. The fourth-order valence-electron chi connectivity index (χ4n) is 10.5. The number of aliphatic hydroxyl groups excluding tert-OH is 2.